The standard InChI is InChI=1S/C20H23F2N10O8PS2/c1-35-18-9(22)16(31-5-26-10-13(31)27-19(23)28-15(10)34)40-41(43)37-3-7-6(2-36-20(42)39-18)8(21)17(38-7)32-12-11(29-30-32)14(33)25-4-24-12/h4-9,16-18,20,42-43H,2-3H2,1H3,(H,24,25,33)(H3,23,27,28,34)/t6-,7-,8+,9+,16-,17-,18?,20?,41?/m1/s1. The molecule has 2 aliphatic heterocycles. The Hall–Kier alpha value is -2.82. The lowest BCUT2D eigenvalue weighted by atomic mass is 10.0. The number of aromatic nitrogens is 9. The fourth-order valence-electron chi connectivity index (χ4n) is 4.67. The topological polar surface area (TPSA) is 221 Å². The van der Waals surface area contributed by atoms with E-state index in [1.54, 1.807) is 0 Å². The van der Waals surface area contributed by atoms with Crippen LogP contribution in [0.5, 0.6) is 0 Å². The van der Waals surface area contributed by atoms with Crippen LogP contribution in [-0.2, 0) is 28.0 Å². The number of fused-ring (bicyclic) bond motifs is 3. The molecule has 9 atom stereocenters. The van der Waals surface area contributed by atoms with Gasteiger partial charge in [-0.3, -0.25) is 23.7 Å². The molecule has 4 N–H and O–H groups in total. The number of nitrogen functional groups attached to an aromatic ring is 1. The van der Waals surface area contributed by atoms with Gasteiger partial charge in [-0.25, -0.2) is 18.7 Å². The van der Waals surface area contributed by atoms with E-state index in [0.717, 1.165) is 21.9 Å². The van der Waals surface area contributed by atoms with Gasteiger partial charge in [-0.15, -0.1) is 17.7 Å². The number of H-pyrrole nitrogens is 2. The molecule has 2 aliphatic rings. The predicted octanol–water partition coefficient (Wildman–Crippen LogP) is 0.341. The Kier molecular flexibility index (Phi) is 8.63. The van der Waals surface area contributed by atoms with Gasteiger partial charge in [-0.2, -0.15) is 9.67 Å². The van der Waals surface area contributed by atoms with Crippen LogP contribution in [0.1, 0.15) is 12.5 Å². The molecule has 0 aromatic carbocycles. The zero-order chi connectivity index (χ0) is 30.4. The third-order valence-electron chi connectivity index (χ3n) is 6.70. The highest BCUT2D eigenvalue weighted by Gasteiger charge is 2.48. The first-order valence-corrected chi connectivity index (χ1v) is 15.2. The summed E-state index contributed by atoms with van der Waals surface area (Å²) in [5, 5.41) is 7.64. The van der Waals surface area contributed by atoms with Crippen molar-refractivity contribution in [3.05, 3.63) is 33.4 Å². The average molecular weight is 665 g/mol. The summed E-state index contributed by atoms with van der Waals surface area (Å²) in [5.74, 6) is -1.23. The normalized spacial score (nSPS) is 32.7. The molecule has 0 bridgehead atoms. The molecule has 232 valence electrons. The Morgan fingerprint density at radius 3 is 2.72 bits per heavy atom. The Morgan fingerprint density at radius 1 is 1.12 bits per heavy atom. The van der Waals surface area contributed by atoms with E-state index in [0.29, 0.717) is 0 Å². The first-order valence-electron chi connectivity index (χ1n) is 12.4. The molecule has 4 aromatic rings. The molecule has 2 saturated heterocycles. The Balaban J connectivity index is 1.30. The average Bonchev–Trinajstić information content (AvgIpc) is 3.67. The SMILES string of the molecule is COC1OC(S)OC[C@H]2[C@H](F)[C@H](n3nnc4c(=O)[nH]cnc43)O[C@@H]2COP(S)O[C@@H](n2cnc3c(=O)[nH]c(N)nc32)[C@@H]1F. The van der Waals surface area contributed by atoms with Crippen molar-refractivity contribution in [1.29, 1.82) is 0 Å². The summed E-state index contributed by atoms with van der Waals surface area (Å²) in [5.41, 5.74) is 2.73. The highest BCUT2D eigenvalue weighted by Crippen LogP contribution is 2.50. The van der Waals surface area contributed by atoms with Gasteiger partial charge in [0.2, 0.25) is 19.1 Å². The summed E-state index contributed by atoms with van der Waals surface area (Å²) in [4.78, 5) is 41.1. The van der Waals surface area contributed by atoms with Crippen LogP contribution in [0.4, 0.5) is 14.7 Å². The first-order chi connectivity index (χ1) is 20.7. The highest BCUT2D eigenvalue weighted by molar-refractivity contribution is 8.41. The van der Waals surface area contributed by atoms with Gasteiger partial charge in [0.25, 0.3) is 11.1 Å². The Bertz CT molecular complexity index is 1730. The van der Waals surface area contributed by atoms with Gasteiger partial charge in [0.05, 0.1) is 32.0 Å². The van der Waals surface area contributed by atoms with E-state index in [9.17, 15) is 9.59 Å². The van der Waals surface area contributed by atoms with Crippen molar-refractivity contribution in [3.63, 3.8) is 0 Å². The van der Waals surface area contributed by atoms with Crippen molar-refractivity contribution in [2.45, 2.75) is 42.8 Å². The number of thiol groups is 2. The van der Waals surface area contributed by atoms with Crippen LogP contribution in [0, 0.1) is 5.92 Å². The second kappa shape index (κ2) is 12.3. The van der Waals surface area contributed by atoms with Gasteiger partial charge in [0.15, 0.2) is 53.4 Å². The number of imidazole rings is 1. The summed E-state index contributed by atoms with van der Waals surface area (Å²) in [6, 6.07) is 0. The number of nitrogens with one attached hydrogen (secondary N) is 2. The van der Waals surface area contributed by atoms with Crippen molar-refractivity contribution >= 4 is 60.7 Å². The van der Waals surface area contributed by atoms with E-state index in [-0.39, 0.29) is 41.5 Å². The molecular formula is C20H23F2N10O8PS2. The van der Waals surface area contributed by atoms with Gasteiger partial charge >= 0.3 is 0 Å². The summed E-state index contributed by atoms with van der Waals surface area (Å²) >= 11 is 8.55. The number of nitrogens with zero attached hydrogens (tertiary/aromatic N) is 7. The second-order valence-electron chi connectivity index (χ2n) is 9.24. The molecule has 0 amide bonds. The van der Waals surface area contributed by atoms with E-state index in [2.05, 4.69) is 60.1 Å². The van der Waals surface area contributed by atoms with Crippen LogP contribution in [0.3, 0.4) is 0 Å². The molecule has 0 saturated carbocycles. The number of hydrogen-bond acceptors (Lipinski definition) is 16. The quantitative estimate of drug-likeness (QED) is 0.147. The molecule has 4 aromatic heterocycles. The van der Waals surface area contributed by atoms with Crippen molar-refractivity contribution in [2.24, 2.45) is 5.92 Å². The van der Waals surface area contributed by atoms with Crippen LogP contribution in [0.2, 0.25) is 0 Å². The number of halogens is 2. The smallest absolute Gasteiger partial charge is 0.280 e. The molecule has 0 aliphatic carbocycles. The number of rotatable bonds is 3. The fourth-order valence-corrected chi connectivity index (χ4v) is 6.10. The molecular weight excluding hydrogens is 641 g/mol. The van der Waals surface area contributed by atoms with E-state index >= 15 is 8.78 Å². The molecule has 23 heteroatoms. The van der Waals surface area contributed by atoms with Gasteiger partial charge in [0, 0.05) is 13.0 Å². The number of nitrogens with two attached hydrogens (primary N) is 1. The molecule has 43 heavy (non-hydrogen) atoms. The van der Waals surface area contributed by atoms with Crippen LogP contribution in [-0.4, -0.2) is 95.2 Å². The molecule has 0 spiro atoms. The summed E-state index contributed by atoms with van der Waals surface area (Å²) in [6.45, 7) is -0.605. The molecule has 6 heterocycles. The summed E-state index contributed by atoms with van der Waals surface area (Å²) in [6.07, 6.45) is -7.24. The Labute approximate surface area is 250 Å². The molecule has 0 radical (unpaired) electrons. The van der Waals surface area contributed by atoms with Crippen LogP contribution < -0.4 is 16.9 Å². The highest BCUT2D eigenvalue weighted by atomic mass is 32.7. The lowest BCUT2D eigenvalue weighted by Crippen LogP contribution is -2.38. The number of aromatic amines is 2. The van der Waals surface area contributed by atoms with E-state index in [1.165, 1.54) is 7.11 Å². The summed E-state index contributed by atoms with van der Waals surface area (Å²) < 4.78 is 67.9. The van der Waals surface area contributed by atoms with E-state index in [4.69, 9.17) is 33.7 Å². The summed E-state index contributed by atoms with van der Waals surface area (Å²) in [7, 11) is -1.03. The molecule has 2 fully saturated rings. The van der Waals surface area contributed by atoms with Crippen molar-refractivity contribution in [1.82, 2.24) is 44.5 Å². The van der Waals surface area contributed by atoms with E-state index < -0.39 is 67.4 Å². The Morgan fingerprint density at radius 2 is 1.93 bits per heavy atom. The van der Waals surface area contributed by atoms with Gasteiger partial charge in [-0.05, 0) is 0 Å². The van der Waals surface area contributed by atoms with Crippen molar-refractivity contribution in [3.8, 4) is 0 Å². The maximum atomic E-state index is 16.0. The van der Waals surface area contributed by atoms with Crippen molar-refractivity contribution in [2.75, 3.05) is 26.1 Å². The number of anilines is 1. The predicted molar refractivity (Wildman–Crippen MR) is 148 cm³/mol. The molecule has 18 nitrogen and oxygen atoms in total. The van der Waals surface area contributed by atoms with Crippen LogP contribution in [0.25, 0.3) is 22.3 Å². The van der Waals surface area contributed by atoms with Gasteiger partial charge in [-0.1, -0.05) is 17.5 Å². The third-order valence-corrected chi connectivity index (χ3v) is 8.37. The third kappa shape index (κ3) is 5.73. The second-order valence-corrected chi connectivity index (χ2v) is 11.6. The van der Waals surface area contributed by atoms with Gasteiger partial charge in [0.1, 0.15) is 0 Å². The number of ether oxygens (including phenoxy) is 4. The minimum Gasteiger partial charge on any atom is -0.369 e. The minimum absolute atomic E-state index is 0.00244. The van der Waals surface area contributed by atoms with Crippen LogP contribution >= 0.6 is 32.5 Å². The first kappa shape index (κ1) is 30.2. The van der Waals surface area contributed by atoms with Crippen molar-refractivity contribution < 1.29 is 36.8 Å². The largest absolute Gasteiger partial charge is 0.369 e. The lowest BCUT2D eigenvalue weighted by molar-refractivity contribution is -0.240. The zero-order valence-electron chi connectivity index (χ0n) is 21.8. The number of alkyl halides is 2. The van der Waals surface area contributed by atoms with Gasteiger partial charge < -0.3 is 34.2 Å². The number of methoxy groups -OCH3 is 1. The van der Waals surface area contributed by atoms with Crippen LogP contribution in [0.15, 0.2) is 22.2 Å². The number of hydrogen-bond donors (Lipinski definition) is 5. The molecule has 3 unspecified atom stereocenters. The van der Waals surface area contributed by atoms with E-state index in [1.807, 2.05) is 0 Å². The maximum absolute atomic E-state index is 16.0. The zero-order valence-corrected chi connectivity index (χ0v) is 24.4. The minimum atomic E-state index is -2.20. The lowest BCUT2D eigenvalue weighted by Gasteiger charge is -2.30. The molecule has 6 rings (SSSR count). The maximum Gasteiger partial charge on any atom is 0.280 e. The monoisotopic (exact) mass is 664 g/mol. The fraction of sp³-hybridized carbons (Fsp3) is 0.550.